The molecule has 6 rings (SSSR count). The summed E-state index contributed by atoms with van der Waals surface area (Å²) in [6, 6.07) is 6.19. The summed E-state index contributed by atoms with van der Waals surface area (Å²) in [4.78, 5) is 59.1. The Morgan fingerprint density at radius 3 is 2.17 bits per heavy atom. The van der Waals surface area contributed by atoms with Crippen molar-refractivity contribution in [2.24, 2.45) is 17.8 Å². The second-order valence-electron chi connectivity index (χ2n) is 19.5. The van der Waals surface area contributed by atoms with Gasteiger partial charge in [-0.25, -0.2) is 4.98 Å². The number of hydrogen-bond donors (Lipinski definition) is 2. The number of aromatic nitrogens is 4. The quantitative estimate of drug-likeness (QED) is 0.0657. The van der Waals surface area contributed by atoms with Crippen molar-refractivity contribution >= 4 is 57.0 Å². The minimum Gasteiger partial charge on any atom is -0.468 e. The molecule has 5 atom stereocenters. The smallest absolute Gasteiger partial charge is 0.320 e. The number of carbonyl (C=O) groups is 3. The first-order valence-electron chi connectivity index (χ1n) is 24.1. The van der Waals surface area contributed by atoms with E-state index in [1.54, 1.807) is 0 Å². The first kappa shape index (κ1) is 48.4. The normalized spacial score (nSPS) is 18.2. The zero-order chi connectivity index (χ0) is 46.4. The van der Waals surface area contributed by atoms with Crippen molar-refractivity contribution in [2.45, 2.75) is 164 Å². The number of rotatable bonds is 20. The molecular formula is C55H74N4O5. The number of aromatic amines is 2. The standard InChI is InChI=1S/C55H74N4O5/c1-13-39-35(8)42-28-44-37(10)41(24-25-48(60)64-27-26-34(7)23-17-22-33(6)21-16-20-32(5)19-15-18-31(3)4)52(58-44)50-51(55(62)63-12)54(61)49-38(11)45(59-53(49)50)30-47-40(14-2)36(9)43(57-47)29-46(39)56-42/h13,26,28-33,38,49,51,56-57H,1,14-25,27H2,2-12H3/b34-26+,42-28?,43-29?,44-28?,45-30?,46-29?,47-30?,52-50?. The highest BCUT2D eigenvalue weighted by atomic mass is 16.5. The number of aryl methyl sites for hydroxylation is 3. The van der Waals surface area contributed by atoms with E-state index < -0.39 is 17.8 Å². The molecule has 9 heteroatoms. The number of ketones is 1. The van der Waals surface area contributed by atoms with Crippen molar-refractivity contribution in [3.8, 4) is 0 Å². The van der Waals surface area contributed by atoms with E-state index in [9.17, 15) is 14.4 Å². The number of nitrogens with one attached hydrogen (secondary N) is 2. The largest absolute Gasteiger partial charge is 0.468 e. The van der Waals surface area contributed by atoms with Crippen molar-refractivity contribution < 1.29 is 23.9 Å². The number of H-pyrrole nitrogens is 2. The fraction of sp³-hybridized carbons (Fsp3) is 0.545. The van der Waals surface area contributed by atoms with Crippen LogP contribution in [-0.2, 0) is 30.3 Å². The number of methoxy groups -OCH3 is 1. The second-order valence-corrected chi connectivity index (χ2v) is 19.5. The van der Waals surface area contributed by atoms with Gasteiger partial charge in [-0.15, -0.1) is 0 Å². The van der Waals surface area contributed by atoms with Crippen LogP contribution in [0.15, 0.2) is 36.4 Å². The van der Waals surface area contributed by atoms with Crippen molar-refractivity contribution in [1.82, 2.24) is 19.9 Å². The molecule has 0 saturated heterocycles. The van der Waals surface area contributed by atoms with E-state index in [0.29, 0.717) is 35.0 Å². The van der Waals surface area contributed by atoms with Gasteiger partial charge in [0.05, 0.1) is 30.1 Å². The van der Waals surface area contributed by atoms with Crippen LogP contribution in [0.2, 0.25) is 0 Å². The SMILES string of the molecule is C=Cc1c(C)c2cc3nc(c4c5nc(cc6[nH]c(cc1[nH]2)c(C)c6CC)C(C)C5C(=O)C4C(=O)OC)C(CCC(=O)OC/C=C(\C)CCCC(C)CCCC(C)CCCC(C)C)=C3C. The Hall–Kier alpha value is -5.05. The molecule has 9 nitrogen and oxygen atoms in total. The average Bonchev–Trinajstić information content (AvgIpc) is 3.99. The van der Waals surface area contributed by atoms with Gasteiger partial charge in [0.2, 0.25) is 0 Å². The number of hydrogen-bond acceptors (Lipinski definition) is 7. The zero-order valence-corrected chi connectivity index (χ0v) is 40.7. The Bertz CT molecular complexity index is 2480. The summed E-state index contributed by atoms with van der Waals surface area (Å²) >= 11 is 0. The molecule has 0 aromatic carbocycles. The van der Waals surface area contributed by atoms with Crippen LogP contribution in [0.4, 0.5) is 0 Å². The number of fused-ring (bicyclic) bond motifs is 8. The topological polar surface area (TPSA) is 127 Å². The van der Waals surface area contributed by atoms with Gasteiger partial charge in [-0.05, 0) is 123 Å². The van der Waals surface area contributed by atoms with E-state index in [1.807, 2.05) is 32.1 Å². The fourth-order valence-electron chi connectivity index (χ4n) is 10.2. The third-order valence-electron chi connectivity index (χ3n) is 14.3. The molecule has 64 heavy (non-hydrogen) atoms. The van der Waals surface area contributed by atoms with Gasteiger partial charge in [-0.3, -0.25) is 19.4 Å². The maximum Gasteiger partial charge on any atom is 0.320 e. The van der Waals surface area contributed by atoms with E-state index in [1.165, 1.54) is 63.2 Å². The highest BCUT2D eigenvalue weighted by molar-refractivity contribution is 6.13. The predicted octanol–water partition coefficient (Wildman–Crippen LogP) is 13.5. The van der Waals surface area contributed by atoms with Gasteiger partial charge in [0, 0.05) is 51.2 Å². The molecule has 0 fully saturated rings. The molecule has 3 aromatic rings. The van der Waals surface area contributed by atoms with Crippen LogP contribution in [0.1, 0.15) is 194 Å². The molecule has 5 heterocycles. The Balaban J connectivity index is 1.25. The van der Waals surface area contributed by atoms with E-state index in [-0.39, 0.29) is 30.7 Å². The molecule has 0 saturated carbocycles. The van der Waals surface area contributed by atoms with Crippen LogP contribution < -0.4 is 0 Å². The molecular weight excluding hydrogens is 797 g/mol. The Kier molecular flexibility index (Phi) is 16.1. The monoisotopic (exact) mass is 871 g/mol. The van der Waals surface area contributed by atoms with Gasteiger partial charge in [-0.2, -0.15) is 0 Å². The summed E-state index contributed by atoms with van der Waals surface area (Å²) in [5.41, 5.74) is 13.9. The Labute approximate surface area is 382 Å². The van der Waals surface area contributed by atoms with Crippen LogP contribution in [0.25, 0.3) is 39.3 Å². The van der Waals surface area contributed by atoms with E-state index in [2.05, 4.69) is 84.1 Å². The van der Waals surface area contributed by atoms with Crippen LogP contribution in [-0.4, -0.2) is 51.4 Å². The lowest BCUT2D eigenvalue weighted by molar-refractivity contribution is -0.146. The van der Waals surface area contributed by atoms with Crippen LogP contribution in [0.5, 0.6) is 0 Å². The lowest BCUT2D eigenvalue weighted by atomic mass is 9.89. The summed E-state index contributed by atoms with van der Waals surface area (Å²) < 4.78 is 11.1. The van der Waals surface area contributed by atoms with Crippen molar-refractivity contribution in [2.75, 3.05) is 13.7 Å². The first-order valence-corrected chi connectivity index (χ1v) is 24.1. The highest BCUT2D eigenvalue weighted by Crippen LogP contribution is 2.51. The first-order chi connectivity index (χ1) is 30.6. The molecule has 0 spiro atoms. The van der Waals surface area contributed by atoms with Gasteiger partial charge in [0.25, 0.3) is 0 Å². The lowest BCUT2D eigenvalue weighted by Crippen LogP contribution is -2.23. The summed E-state index contributed by atoms with van der Waals surface area (Å²) in [5, 5.41) is 0. The van der Waals surface area contributed by atoms with E-state index in [4.69, 9.17) is 19.4 Å². The van der Waals surface area contributed by atoms with Crippen LogP contribution in [0, 0.1) is 31.6 Å². The summed E-state index contributed by atoms with van der Waals surface area (Å²) in [7, 11) is 1.31. The van der Waals surface area contributed by atoms with E-state index in [0.717, 1.165) is 86.7 Å². The molecule has 3 aromatic heterocycles. The predicted molar refractivity (Wildman–Crippen MR) is 262 cm³/mol. The second kappa shape index (κ2) is 21.3. The lowest BCUT2D eigenvalue weighted by Gasteiger charge is -2.15. The van der Waals surface area contributed by atoms with Crippen LogP contribution >= 0.6 is 0 Å². The minimum absolute atomic E-state index is 0.108. The number of esters is 2. The van der Waals surface area contributed by atoms with Gasteiger partial charge in [0.1, 0.15) is 12.5 Å². The van der Waals surface area contributed by atoms with Gasteiger partial charge < -0.3 is 19.4 Å². The Morgan fingerprint density at radius 2 is 1.52 bits per heavy atom. The zero-order valence-electron chi connectivity index (χ0n) is 40.7. The van der Waals surface area contributed by atoms with Crippen molar-refractivity contribution in [3.05, 3.63) is 87.0 Å². The highest BCUT2D eigenvalue weighted by Gasteiger charge is 2.52. The maximum absolute atomic E-state index is 14.4. The summed E-state index contributed by atoms with van der Waals surface area (Å²) in [6.45, 7) is 26.2. The molecule has 0 radical (unpaired) electrons. The average molecular weight is 871 g/mol. The number of carbonyl (C=O) groups excluding carboxylic acids is 3. The molecule has 8 bridgehead atoms. The maximum atomic E-state index is 14.4. The molecule has 2 aliphatic heterocycles. The van der Waals surface area contributed by atoms with Crippen LogP contribution in [0.3, 0.4) is 0 Å². The molecule has 0 amide bonds. The third kappa shape index (κ3) is 10.6. The summed E-state index contributed by atoms with van der Waals surface area (Å²) in [5.74, 6) is -0.958. The van der Waals surface area contributed by atoms with Gasteiger partial charge in [-0.1, -0.05) is 105 Å². The van der Waals surface area contributed by atoms with Gasteiger partial charge >= 0.3 is 11.9 Å². The molecule has 5 unspecified atom stereocenters. The number of Topliss-reactive ketones (excluding diaryl/α,β-unsaturated/α-hetero) is 1. The molecule has 344 valence electrons. The van der Waals surface area contributed by atoms with Gasteiger partial charge in [0.15, 0.2) is 5.78 Å². The molecule has 3 aliphatic rings. The van der Waals surface area contributed by atoms with Crippen molar-refractivity contribution in [3.63, 3.8) is 0 Å². The number of ether oxygens (including phenoxy) is 2. The van der Waals surface area contributed by atoms with E-state index >= 15 is 0 Å². The fourth-order valence-corrected chi connectivity index (χ4v) is 10.2. The number of nitrogens with zero attached hydrogens (tertiary/aromatic N) is 2. The third-order valence-corrected chi connectivity index (χ3v) is 14.3. The molecule has 2 N–H and O–H groups in total. The minimum atomic E-state index is -1.18. The summed E-state index contributed by atoms with van der Waals surface area (Å²) in [6.07, 6.45) is 16.4. The Morgan fingerprint density at radius 1 is 0.859 bits per heavy atom. The molecule has 1 aliphatic carbocycles. The number of allylic oxidation sites excluding steroid dienone is 3. The van der Waals surface area contributed by atoms with Crippen molar-refractivity contribution in [1.29, 1.82) is 0 Å².